The number of hydrogen-bond donors (Lipinski definition) is 1. The van der Waals surface area contributed by atoms with Crippen LogP contribution in [0.4, 0.5) is 0 Å². The van der Waals surface area contributed by atoms with Crippen molar-refractivity contribution in [3.63, 3.8) is 0 Å². The van der Waals surface area contributed by atoms with Crippen LogP contribution in [0.1, 0.15) is 51.8 Å². The maximum atomic E-state index is 12.3. The molecule has 0 radical (unpaired) electrons. The predicted octanol–water partition coefficient (Wildman–Crippen LogP) is 3.04. The molecule has 0 amide bonds. The van der Waals surface area contributed by atoms with Crippen LogP contribution in [0.2, 0.25) is 0 Å². The van der Waals surface area contributed by atoms with E-state index in [4.69, 9.17) is 4.74 Å². The van der Waals surface area contributed by atoms with Crippen molar-refractivity contribution in [1.29, 1.82) is 0 Å². The van der Waals surface area contributed by atoms with Gasteiger partial charge in [0.25, 0.3) is 0 Å². The molecule has 0 bridgehead atoms. The van der Waals surface area contributed by atoms with E-state index >= 15 is 0 Å². The summed E-state index contributed by atoms with van der Waals surface area (Å²) in [7, 11) is -1.36. The maximum absolute atomic E-state index is 12.3. The molecule has 0 heterocycles. The zero-order chi connectivity index (χ0) is 16.2. The molecule has 1 rings (SSSR count). The number of carbonyl (C=O) groups excluding carboxylic acids is 1. The Labute approximate surface area is 129 Å². The van der Waals surface area contributed by atoms with Gasteiger partial charge in [0.15, 0.2) is 0 Å². The highest BCUT2D eigenvalue weighted by Gasteiger charge is 2.29. The van der Waals surface area contributed by atoms with Crippen LogP contribution in [-0.4, -0.2) is 21.0 Å². The van der Waals surface area contributed by atoms with E-state index in [1.165, 1.54) is 0 Å². The molecule has 1 aromatic rings. The minimum Gasteiger partial charge on any atom is -0.462 e. The first-order chi connectivity index (χ1) is 9.61. The number of nitrogens with one attached hydrogen (secondary N) is 1. The summed E-state index contributed by atoms with van der Waals surface area (Å²) >= 11 is 0. The highest BCUT2D eigenvalue weighted by atomic mass is 32.2. The van der Waals surface area contributed by atoms with Crippen LogP contribution in [0.15, 0.2) is 24.3 Å². The van der Waals surface area contributed by atoms with Crippen LogP contribution in [0.25, 0.3) is 0 Å². The van der Waals surface area contributed by atoms with Gasteiger partial charge in [-0.25, -0.2) is 13.7 Å². The van der Waals surface area contributed by atoms with Crippen LogP contribution in [-0.2, 0) is 20.5 Å². The van der Waals surface area contributed by atoms with E-state index in [1.54, 1.807) is 13.8 Å². The molecule has 0 aliphatic heterocycles. The average Bonchev–Trinajstić information content (AvgIpc) is 2.34. The van der Waals surface area contributed by atoms with E-state index in [0.29, 0.717) is 0 Å². The van der Waals surface area contributed by atoms with Gasteiger partial charge in [0.05, 0.1) is 21.8 Å². The standard InChI is InChI=1S/C16H25NO3S/c1-11(2)20-15(18)14(17-21(19)16(4,5)6)13-9-7-12(3)8-10-13/h7-11,14,17H,1-6H3/t14-,21+/m1/s1. The first kappa shape index (κ1) is 17.9. The highest BCUT2D eigenvalue weighted by Crippen LogP contribution is 2.20. The van der Waals surface area contributed by atoms with Gasteiger partial charge >= 0.3 is 5.97 Å². The van der Waals surface area contributed by atoms with E-state index in [-0.39, 0.29) is 6.10 Å². The van der Waals surface area contributed by atoms with Gasteiger partial charge in [-0.15, -0.1) is 0 Å². The van der Waals surface area contributed by atoms with Gasteiger partial charge in [-0.3, -0.25) is 0 Å². The van der Waals surface area contributed by atoms with Crippen molar-refractivity contribution < 1.29 is 13.7 Å². The molecule has 0 saturated heterocycles. The number of benzene rings is 1. The monoisotopic (exact) mass is 311 g/mol. The molecule has 0 aliphatic rings. The summed E-state index contributed by atoms with van der Waals surface area (Å²) in [5.74, 6) is -0.411. The van der Waals surface area contributed by atoms with E-state index in [0.717, 1.165) is 11.1 Å². The fourth-order valence-electron chi connectivity index (χ4n) is 1.60. The number of aryl methyl sites for hydroxylation is 1. The van der Waals surface area contributed by atoms with Gasteiger partial charge in [-0.1, -0.05) is 29.8 Å². The number of ether oxygens (including phenoxy) is 1. The molecule has 118 valence electrons. The Kier molecular flexibility index (Phi) is 6.10. The number of esters is 1. The quantitative estimate of drug-likeness (QED) is 0.850. The van der Waals surface area contributed by atoms with Crippen LogP contribution >= 0.6 is 0 Å². The average molecular weight is 311 g/mol. The first-order valence-corrected chi connectivity index (χ1v) is 8.21. The van der Waals surface area contributed by atoms with Crippen LogP contribution < -0.4 is 4.72 Å². The first-order valence-electron chi connectivity index (χ1n) is 7.06. The Morgan fingerprint density at radius 3 is 2.14 bits per heavy atom. The normalized spacial score (nSPS) is 14.8. The molecule has 0 aromatic heterocycles. The van der Waals surface area contributed by atoms with Gasteiger partial charge in [0, 0.05) is 0 Å². The Morgan fingerprint density at radius 1 is 1.19 bits per heavy atom. The molecule has 1 N–H and O–H groups in total. The molecule has 21 heavy (non-hydrogen) atoms. The summed E-state index contributed by atoms with van der Waals surface area (Å²) in [6.07, 6.45) is -0.213. The van der Waals surface area contributed by atoms with E-state index in [1.807, 2.05) is 52.0 Å². The summed E-state index contributed by atoms with van der Waals surface area (Å²) in [5, 5.41) is 0. The highest BCUT2D eigenvalue weighted by molar-refractivity contribution is 7.84. The molecule has 0 spiro atoms. The number of hydrogen-bond acceptors (Lipinski definition) is 3. The fraction of sp³-hybridized carbons (Fsp3) is 0.562. The van der Waals surface area contributed by atoms with Gasteiger partial charge in [0.2, 0.25) is 0 Å². The molecule has 5 heteroatoms. The summed E-state index contributed by atoms with van der Waals surface area (Å²) in [4.78, 5) is 12.3. The molecule has 1 aromatic carbocycles. The third-order valence-electron chi connectivity index (χ3n) is 2.78. The topological polar surface area (TPSA) is 55.4 Å². The minimum atomic E-state index is -1.36. The SMILES string of the molecule is Cc1ccc([C@@H](N[S@@](=O)C(C)(C)C)C(=O)OC(C)C)cc1. The second-order valence-electron chi connectivity index (χ2n) is 6.33. The van der Waals surface area contributed by atoms with Gasteiger partial charge in [-0.05, 0) is 47.1 Å². The van der Waals surface area contributed by atoms with Crippen molar-refractivity contribution in [1.82, 2.24) is 4.72 Å². The number of rotatable bonds is 5. The zero-order valence-corrected chi connectivity index (χ0v) is 14.4. The Balaban J connectivity index is 3.02. The van der Waals surface area contributed by atoms with Crippen molar-refractivity contribution in [2.24, 2.45) is 0 Å². The molecule has 2 atom stereocenters. The molecule has 0 unspecified atom stereocenters. The van der Waals surface area contributed by atoms with Crippen LogP contribution in [0.5, 0.6) is 0 Å². The third-order valence-corrected chi connectivity index (χ3v) is 4.34. The van der Waals surface area contributed by atoms with Gasteiger partial charge in [-0.2, -0.15) is 0 Å². The van der Waals surface area contributed by atoms with Crippen molar-refractivity contribution in [2.45, 2.75) is 58.4 Å². The third kappa shape index (κ3) is 5.59. The minimum absolute atomic E-state index is 0.213. The lowest BCUT2D eigenvalue weighted by Gasteiger charge is -2.24. The summed E-state index contributed by atoms with van der Waals surface area (Å²) in [5.41, 5.74) is 1.86. The Morgan fingerprint density at radius 2 is 1.71 bits per heavy atom. The van der Waals surface area contributed by atoms with Gasteiger partial charge < -0.3 is 4.74 Å². The van der Waals surface area contributed by atoms with Gasteiger partial charge in [0.1, 0.15) is 6.04 Å². The summed E-state index contributed by atoms with van der Waals surface area (Å²) in [6, 6.07) is 6.83. The van der Waals surface area contributed by atoms with Crippen molar-refractivity contribution in [3.05, 3.63) is 35.4 Å². The zero-order valence-electron chi connectivity index (χ0n) is 13.6. The van der Waals surface area contributed by atoms with Crippen LogP contribution in [0.3, 0.4) is 0 Å². The van der Waals surface area contributed by atoms with Crippen molar-refractivity contribution >= 4 is 17.0 Å². The second kappa shape index (κ2) is 7.18. The molecular weight excluding hydrogens is 286 g/mol. The number of carbonyl (C=O) groups is 1. The molecule has 4 nitrogen and oxygen atoms in total. The summed E-state index contributed by atoms with van der Waals surface area (Å²) < 4.78 is 20.0. The maximum Gasteiger partial charge on any atom is 0.328 e. The fourth-order valence-corrected chi connectivity index (χ4v) is 2.40. The molecule has 0 fully saturated rings. The predicted molar refractivity (Wildman–Crippen MR) is 86.2 cm³/mol. The van der Waals surface area contributed by atoms with Crippen molar-refractivity contribution in [3.8, 4) is 0 Å². The van der Waals surface area contributed by atoms with E-state index in [9.17, 15) is 9.00 Å². The molecule has 0 aliphatic carbocycles. The molecular formula is C16H25NO3S. The van der Waals surface area contributed by atoms with E-state index < -0.39 is 27.7 Å². The Hall–Kier alpha value is -1.20. The lowest BCUT2D eigenvalue weighted by atomic mass is 10.1. The Bertz CT molecular complexity index is 503. The summed E-state index contributed by atoms with van der Waals surface area (Å²) in [6.45, 7) is 11.1. The lowest BCUT2D eigenvalue weighted by molar-refractivity contribution is -0.149. The molecule has 0 saturated carbocycles. The largest absolute Gasteiger partial charge is 0.462 e. The van der Waals surface area contributed by atoms with Crippen molar-refractivity contribution in [2.75, 3.05) is 0 Å². The smallest absolute Gasteiger partial charge is 0.328 e. The van der Waals surface area contributed by atoms with E-state index in [2.05, 4.69) is 4.72 Å². The second-order valence-corrected chi connectivity index (χ2v) is 8.33. The lowest BCUT2D eigenvalue weighted by Crippen LogP contribution is -2.39. The van der Waals surface area contributed by atoms with Crippen LogP contribution in [0, 0.1) is 6.92 Å².